The molecule has 0 fully saturated rings. The molecular formula is C17H16BN. The van der Waals surface area contributed by atoms with Gasteiger partial charge in [0.25, 0.3) is 0 Å². The quantitative estimate of drug-likeness (QED) is 0.630. The molecule has 0 saturated carbocycles. The minimum absolute atomic E-state index is 1.09. The molecule has 2 aromatic rings. The van der Waals surface area contributed by atoms with E-state index in [1.807, 2.05) is 78.9 Å². The number of hydrogen-bond donors (Lipinski definition) is 1. The van der Waals surface area contributed by atoms with E-state index < -0.39 is 0 Å². The molecule has 0 aromatic heterocycles. The first-order valence-corrected chi connectivity index (χ1v) is 6.32. The van der Waals surface area contributed by atoms with Gasteiger partial charge in [0.2, 0.25) is 0 Å². The fraction of sp³-hybridized carbons (Fsp3) is 0. The molecule has 2 aromatic carbocycles. The standard InChI is InChI=1S/C17H16BN/c1-4-10-16(11-5-1)18-14-8-3-9-15-19-17-12-6-2-7-13-17/h1-15,19H/b8-3+,15-9+. The van der Waals surface area contributed by atoms with Gasteiger partial charge in [-0.3, -0.25) is 0 Å². The fourth-order valence-electron chi connectivity index (χ4n) is 1.59. The van der Waals surface area contributed by atoms with Crippen LogP contribution in [0.3, 0.4) is 0 Å². The number of hydrogen-bond acceptors (Lipinski definition) is 1. The Morgan fingerprint density at radius 3 is 2.16 bits per heavy atom. The Morgan fingerprint density at radius 1 is 0.737 bits per heavy atom. The monoisotopic (exact) mass is 245 g/mol. The molecule has 0 radical (unpaired) electrons. The Morgan fingerprint density at radius 2 is 1.42 bits per heavy atom. The zero-order valence-electron chi connectivity index (χ0n) is 10.7. The molecule has 0 aliphatic heterocycles. The van der Waals surface area contributed by atoms with Crippen molar-refractivity contribution in [1.29, 1.82) is 0 Å². The number of rotatable bonds is 5. The van der Waals surface area contributed by atoms with Crippen LogP contribution in [-0.4, -0.2) is 12.9 Å². The molecule has 0 atom stereocenters. The Bertz CT molecular complexity index is 556. The maximum atomic E-state index is 3.20. The van der Waals surface area contributed by atoms with E-state index in [4.69, 9.17) is 0 Å². The van der Waals surface area contributed by atoms with E-state index in [0.717, 1.165) is 5.69 Å². The molecule has 1 N–H and O–H groups in total. The zero-order valence-corrected chi connectivity index (χ0v) is 10.7. The summed E-state index contributed by atoms with van der Waals surface area (Å²) in [7, 11) is 0. The summed E-state index contributed by atoms with van der Waals surface area (Å²) in [5.74, 6) is 2.03. The van der Waals surface area contributed by atoms with Crippen LogP contribution in [0.4, 0.5) is 5.69 Å². The Labute approximate surface area is 115 Å². The Balaban J connectivity index is 1.76. The normalized spacial score (nSPS) is 11.2. The molecule has 0 unspecified atom stereocenters. The summed E-state index contributed by atoms with van der Waals surface area (Å²) in [4.78, 5) is 0. The predicted octanol–water partition coefficient (Wildman–Crippen LogP) is 3.00. The fourth-order valence-corrected chi connectivity index (χ4v) is 1.59. The molecule has 92 valence electrons. The molecule has 0 heterocycles. The third kappa shape index (κ3) is 5.22. The van der Waals surface area contributed by atoms with Crippen LogP contribution in [0, 0.1) is 0 Å². The van der Waals surface area contributed by atoms with Gasteiger partial charge >= 0.3 is 114 Å². The van der Waals surface area contributed by atoms with E-state index in [-0.39, 0.29) is 0 Å². The molecule has 2 heteroatoms. The molecule has 1 nitrogen and oxygen atoms in total. The summed E-state index contributed by atoms with van der Waals surface area (Å²) in [6.45, 7) is 2.08. The van der Waals surface area contributed by atoms with Gasteiger partial charge in [0.15, 0.2) is 0 Å². The van der Waals surface area contributed by atoms with E-state index in [1.165, 1.54) is 5.46 Å². The Kier molecular flexibility index (Phi) is 5.43. The van der Waals surface area contributed by atoms with Crippen molar-refractivity contribution < 1.29 is 0 Å². The number of para-hydroxylation sites is 1. The van der Waals surface area contributed by atoms with Crippen LogP contribution in [0.5, 0.6) is 0 Å². The number of allylic oxidation sites excluding steroid dienone is 3. The van der Waals surface area contributed by atoms with Gasteiger partial charge in [-0.05, 0) is 0 Å². The third-order valence-corrected chi connectivity index (χ3v) is 2.54. The predicted molar refractivity (Wildman–Crippen MR) is 86.2 cm³/mol. The van der Waals surface area contributed by atoms with Gasteiger partial charge in [-0.1, -0.05) is 0 Å². The van der Waals surface area contributed by atoms with E-state index >= 15 is 0 Å². The van der Waals surface area contributed by atoms with Crippen molar-refractivity contribution in [2.45, 2.75) is 0 Å². The van der Waals surface area contributed by atoms with E-state index in [0.29, 0.717) is 0 Å². The summed E-state index contributed by atoms with van der Waals surface area (Å²) >= 11 is 0. The van der Waals surface area contributed by atoms with Gasteiger partial charge < -0.3 is 0 Å². The summed E-state index contributed by atoms with van der Waals surface area (Å²) in [6, 6.07) is 20.3. The zero-order chi connectivity index (χ0) is 13.2. The van der Waals surface area contributed by atoms with Crippen molar-refractivity contribution in [3.8, 4) is 0 Å². The van der Waals surface area contributed by atoms with Crippen LogP contribution < -0.4 is 10.8 Å². The third-order valence-electron chi connectivity index (χ3n) is 2.54. The van der Waals surface area contributed by atoms with Crippen molar-refractivity contribution in [2.24, 2.45) is 0 Å². The SMILES string of the molecule is B(=C/C=C/C=C/Nc1ccccc1)c1ccccc1. The number of nitrogens with one attached hydrogen (secondary N) is 1. The van der Waals surface area contributed by atoms with Gasteiger partial charge in [0.1, 0.15) is 0 Å². The van der Waals surface area contributed by atoms with Gasteiger partial charge in [-0.25, -0.2) is 0 Å². The van der Waals surface area contributed by atoms with Crippen molar-refractivity contribution >= 4 is 24.0 Å². The van der Waals surface area contributed by atoms with Crippen molar-refractivity contribution in [3.63, 3.8) is 0 Å². The van der Waals surface area contributed by atoms with Crippen LogP contribution in [0.15, 0.2) is 85.1 Å². The average Bonchev–Trinajstić information content (AvgIpc) is 2.48. The summed E-state index contributed by atoms with van der Waals surface area (Å²) in [5, 5.41) is 3.20. The van der Waals surface area contributed by atoms with Gasteiger partial charge in [-0.15, -0.1) is 0 Å². The van der Waals surface area contributed by atoms with Crippen LogP contribution in [0.25, 0.3) is 0 Å². The molecule has 0 spiro atoms. The van der Waals surface area contributed by atoms with Crippen molar-refractivity contribution in [3.05, 3.63) is 85.1 Å². The number of benzene rings is 2. The average molecular weight is 245 g/mol. The molecule has 19 heavy (non-hydrogen) atoms. The van der Waals surface area contributed by atoms with Crippen LogP contribution in [-0.2, 0) is 0 Å². The second kappa shape index (κ2) is 7.88. The molecule has 0 bridgehead atoms. The second-order valence-corrected chi connectivity index (χ2v) is 4.02. The molecule has 0 saturated heterocycles. The topological polar surface area (TPSA) is 12.0 Å². The first-order chi connectivity index (χ1) is 9.45. The molecule has 2 rings (SSSR count). The van der Waals surface area contributed by atoms with Crippen LogP contribution in [0.1, 0.15) is 0 Å². The van der Waals surface area contributed by atoms with E-state index in [1.54, 1.807) is 0 Å². The molecule has 0 aliphatic carbocycles. The summed E-state index contributed by atoms with van der Waals surface area (Å²) < 4.78 is 0. The Hall–Kier alpha value is -2.35. The van der Waals surface area contributed by atoms with Gasteiger partial charge in [0.05, 0.1) is 0 Å². The number of anilines is 1. The van der Waals surface area contributed by atoms with Gasteiger partial charge in [-0.2, -0.15) is 0 Å². The van der Waals surface area contributed by atoms with Crippen LogP contribution in [0.2, 0.25) is 0 Å². The van der Waals surface area contributed by atoms with Crippen molar-refractivity contribution in [2.75, 3.05) is 5.32 Å². The molecule has 0 amide bonds. The second-order valence-electron chi connectivity index (χ2n) is 4.02. The first kappa shape index (κ1) is 13.1. The van der Waals surface area contributed by atoms with E-state index in [2.05, 4.69) is 24.4 Å². The van der Waals surface area contributed by atoms with E-state index in [9.17, 15) is 0 Å². The molecular weight excluding hydrogens is 229 g/mol. The summed E-state index contributed by atoms with van der Waals surface area (Å²) in [5.41, 5.74) is 2.30. The van der Waals surface area contributed by atoms with Crippen LogP contribution >= 0.6 is 0 Å². The molecule has 0 aliphatic rings. The summed E-state index contributed by atoms with van der Waals surface area (Å²) in [6.07, 6.45) is 7.90. The van der Waals surface area contributed by atoms with Crippen molar-refractivity contribution in [1.82, 2.24) is 0 Å². The van der Waals surface area contributed by atoms with Gasteiger partial charge in [0, 0.05) is 0 Å². The first-order valence-electron chi connectivity index (χ1n) is 6.32. The maximum absolute atomic E-state index is 3.20. The minimum atomic E-state index is 1.09.